The number of ether oxygens (including phenoxy) is 1. The first-order chi connectivity index (χ1) is 7.04. The summed E-state index contributed by atoms with van der Waals surface area (Å²) in [4.78, 5) is -0.115. The van der Waals surface area contributed by atoms with Gasteiger partial charge in [-0.15, -0.1) is 5.10 Å². The van der Waals surface area contributed by atoms with Crippen molar-refractivity contribution in [2.45, 2.75) is 4.90 Å². The van der Waals surface area contributed by atoms with Gasteiger partial charge in [-0.1, -0.05) is 4.49 Å². The summed E-state index contributed by atoms with van der Waals surface area (Å²) < 4.78 is 32.0. The SMILES string of the molecule is COc1ccc2snnc2c1S(N)(=O)=O. The van der Waals surface area contributed by atoms with Crippen molar-refractivity contribution in [1.82, 2.24) is 9.59 Å². The van der Waals surface area contributed by atoms with Crippen molar-refractivity contribution in [3.8, 4) is 5.75 Å². The van der Waals surface area contributed by atoms with E-state index in [-0.39, 0.29) is 16.2 Å². The molecule has 0 saturated heterocycles. The first-order valence-electron chi connectivity index (χ1n) is 3.86. The number of rotatable bonds is 2. The molecule has 0 aliphatic rings. The summed E-state index contributed by atoms with van der Waals surface area (Å²) >= 11 is 1.10. The summed E-state index contributed by atoms with van der Waals surface area (Å²) in [5.41, 5.74) is 0.252. The predicted molar refractivity (Wildman–Crippen MR) is 55.3 cm³/mol. The second-order valence-electron chi connectivity index (χ2n) is 2.76. The molecule has 0 atom stereocenters. The molecule has 2 N–H and O–H groups in total. The second kappa shape index (κ2) is 3.40. The van der Waals surface area contributed by atoms with Crippen molar-refractivity contribution >= 4 is 31.8 Å². The Balaban J connectivity index is 2.93. The van der Waals surface area contributed by atoms with Crippen LogP contribution in [0.2, 0.25) is 0 Å². The molecular formula is C7H7N3O3S2. The monoisotopic (exact) mass is 245 g/mol. The van der Waals surface area contributed by atoms with E-state index in [4.69, 9.17) is 9.88 Å². The molecule has 0 bridgehead atoms. The molecule has 0 aliphatic carbocycles. The number of methoxy groups -OCH3 is 1. The number of nitrogens with zero attached hydrogens (tertiary/aromatic N) is 2. The highest BCUT2D eigenvalue weighted by atomic mass is 32.2. The van der Waals surface area contributed by atoms with E-state index in [0.717, 1.165) is 11.5 Å². The minimum atomic E-state index is -3.86. The summed E-state index contributed by atoms with van der Waals surface area (Å²) in [6.45, 7) is 0. The third-order valence-corrected chi connectivity index (χ3v) is 3.50. The van der Waals surface area contributed by atoms with Crippen molar-refractivity contribution in [1.29, 1.82) is 0 Å². The molecule has 0 fully saturated rings. The van der Waals surface area contributed by atoms with Gasteiger partial charge in [-0.05, 0) is 23.7 Å². The van der Waals surface area contributed by atoms with Crippen LogP contribution >= 0.6 is 11.5 Å². The Bertz CT molecular complexity index is 605. The van der Waals surface area contributed by atoms with Crippen LogP contribution in [0.3, 0.4) is 0 Å². The standard InChI is InChI=1S/C7H7N3O3S2/c1-13-4-2-3-5-6(9-10-14-5)7(4)15(8,11)12/h2-3H,1H3,(H2,8,11,12). The first-order valence-corrected chi connectivity index (χ1v) is 6.18. The molecule has 8 heteroatoms. The van der Waals surface area contributed by atoms with E-state index in [0.29, 0.717) is 4.70 Å². The van der Waals surface area contributed by atoms with Crippen LogP contribution in [0, 0.1) is 0 Å². The van der Waals surface area contributed by atoms with E-state index >= 15 is 0 Å². The Labute approximate surface area is 89.9 Å². The fourth-order valence-electron chi connectivity index (χ4n) is 1.24. The second-order valence-corrected chi connectivity index (χ2v) is 5.05. The van der Waals surface area contributed by atoms with Crippen LogP contribution in [-0.2, 0) is 10.0 Å². The van der Waals surface area contributed by atoms with Gasteiger partial charge in [-0.3, -0.25) is 0 Å². The maximum absolute atomic E-state index is 11.4. The van der Waals surface area contributed by atoms with Crippen molar-refractivity contribution < 1.29 is 13.2 Å². The Morgan fingerprint density at radius 1 is 1.47 bits per heavy atom. The fourth-order valence-corrected chi connectivity index (χ4v) is 2.73. The largest absolute Gasteiger partial charge is 0.495 e. The molecule has 2 rings (SSSR count). The molecule has 0 unspecified atom stereocenters. The number of hydrogen-bond donors (Lipinski definition) is 1. The number of sulfonamides is 1. The Morgan fingerprint density at radius 3 is 2.80 bits per heavy atom. The van der Waals surface area contributed by atoms with Gasteiger partial charge in [0, 0.05) is 0 Å². The van der Waals surface area contributed by atoms with E-state index in [1.165, 1.54) is 13.2 Å². The van der Waals surface area contributed by atoms with Crippen LogP contribution in [0.1, 0.15) is 0 Å². The zero-order valence-electron chi connectivity index (χ0n) is 7.67. The van der Waals surface area contributed by atoms with Crippen molar-refractivity contribution in [3.63, 3.8) is 0 Å². The lowest BCUT2D eigenvalue weighted by atomic mass is 10.3. The van der Waals surface area contributed by atoms with E-state index in [1.54, 1.807) is 6.07 Å². The smallest absolute Gasteiger partial charge is 0.244 e. The Morgan fingerprint density at radius 2 is 2.20 bits per heavy atom. The van der Waals surface area contributed by atoms with Crippen molar-refractivity contribution in [3.05, 3.63) is 12.1 Å². The van der Waals surface area contributed by atoms with Gasteiger partial charge in [0.2, 0.25) is 10.0 Å². The van der Waals surface area contributed by atoms with Crippen molar-refractivity contribution in [2.24, 2.45) is 5.14 Å². The van der Waals surface area contributed by atoms with E-state index < -0.39 is 10.0 Å². The molecule has 1 heterocycles. The van der Waals surface area contributed by atoms with Gasteiger partial charge in [0.15, 0.2) is 4.90 Å². The molecule has 80 valence electrons. The minimum Gasteiger partial charge on any atom is -0.495 e. The lowest BCUT2D eigenvalue weighted by molar-refractivity contribution is 0.404. The van der Waals surface area contributed by atoms with Crippen LogP contribution < -0.4 is 9.88 Å². The maximum Gasteiger partial charge on any atom is 0.244 e. The fraction of sp³-hybridized carbons (Fsp3) is 0.143. The molecular weight excluding hydrogens is 238 g/mol. The molecule has 15 heavy (non-hydrogen) atoms. The summed E-state index contributed by atoms with van der Waals surface area (Å²) in [6, 6.07) is 3.22. The Hall–Kier alpha value is -1.25. The van der Waals surface area contributed by atoms with Crippen LogP contribution in [0.5, 0.6) is 5.75 Å². The highest BCUT2D eigenvalue weighted by Gasteiger charge is 2.21. The lowest BCUT2D eigenvalue weighted by Gasteiger charge is -2.05. The zero-order chi connectivity index (χ0) is 11.1. The average Bonchev–Trinajstić information content (AvgIpc) is 2.61. The topological polar surface area (TPSA) is 95.2 Å². The van der Waals surface area contributed by atoms with E-state index in [1.807, 2.05) is 0 Å². The summed E-state index contributed by atoms with van der Waals surface area (Å²) in [7, 11) is -2.49. The molecule has 1 aromatic carbocycles. The van der Waals surface area contributed by atoms with Crippen LogP contribution in [-0.4, -0.2) is 25.1 Å². The molecule has 0 saturated carbocycles. The molecule has 0 amide bonds. The summed E-state index contributed by atoms with van der Waals surface area (Å²) in [5.74, 6) is 0.178. The molecule has 2 aromatic rings. The lowest BCUT2D eigenvalue weighted by Crippen LogP contribution is -2.14. The molecule has 6 nitrogen and oxygen atoms in total. The van der Waals surface area contributed by atoms with Gasteiger partial charge < -0.3 is 4.74 Å². The van der Waals surface area contributed by atoms with Gasteiger partial charge >= 0.3 is 0 Å². The maximum atomic E-state index is 11.4. The number of aromatic nitrogens is 2. The van der Waals surface area contributed by atoms with Crippen LogP contribution in [0.25, 0.3) is 10.2 Å². The van der Waals surface area contributed by atoms with Crippen LogP contribution in [0.4, 0.5) is 0 Å². The van der Waals surface area contributed by atoms with Gasteiger partial charge in [-0.25, -0.2) is 13.6 Å². The summed E-state index contributed by atoms with van der Waals surface area (Å²) in [5, 5.41) is 8.81. The molecule has 1 aromatic heterocycles. The normalized spacial score (nSPS) is 11.9. The third-order valence-electron chi connectivity index (χ3n) is 1.84. The third kappa shape index (κ3) is 1.66. The number of primary sulfonamides is 1. The molecule has 0 radical (unpaired) electrons. The minimum absolute atomic E-state index is 0.115. The highest BCUT2D eigenvalue weighted by molar-refractivity contribution is 7.89. The quantitative estimate of drug-likeness (QED) is 0.823. The van der Waals surface area contributed by atoms with E-state index in [9.17, 15) is 8.42 Å². The summed E-state index contributed by atoms with van der Waals surface area (Å²) in [6.07, 6.45) is 0. The van der Waals surface area contributed by atoms with Gasteiger partial charge in [0.05, 0.1) is 11.8 Å². The first kappa shape index (κ1) is 10.3. The molecule has 0 aliphatic heterocycles. The number of fused-ring (bicyclic) bond motifs is 1. The Kier molecular flexibility index (Phi) is 2.33. The zero-order valence-corrected chi connectivity index (χ0v) is 9.30. The van der Waals surface area contributed by atoms with Gasteiger partial charge in [0.25, 0.3) is 0 Å². The average molecular weight is 245 g/mol. The van der Waals surface area contributed by atoms with Crippen LogP contribution in [0.15, 0.2) is 17.0 Å². The van der Waals surface area contributed by atoms with Gasteiger partial charge in [-0.2, -0.15) is 0 Å². The predicted octanol–water partition coefficient (Wildman–Crippen LogP) is 0.347. The number of hydrogen-bond acceptors (Lipinski definition) is 6. The van der Waals surface area contributed by atoms with Crippen molar-refractivity contribution in [2.75, 3.05) is 7.11 Å². The number of benzene rings is 1. The number of nitrogens with two attached hydrogens (primary N) is 1. The highest BCUT2D eigenvalue weighted by Crippen LogP contribution is 2.31. The molecule has 0 spiro atoms. The van der Waals surface area contributed by atoms with E-state index in [2.05, 4.69) is 9.59 Å². The van der Waals surface area contributed by atoms with Gasteiger partial charge in [0.1, 0.15) is 11.3 Å².